The van der Waals surface area contributed by atoms with Crippen LogP contribution in [0.3, 0.4) is 0 Å². The second-order valence-corrected chi connectivity index (χ2v) is 8.01. The van der Waals surface area contributed by atoms with Gasteiger partial charge in [0.2, 0.25) is 5.79 Å². The van der Waals surface area contributed by atoms with Crippen molar-refractivity contribution in [3.05, 3.63) is 59.9 Å². The minimum atomic E-state index is -1.02. The first-order valence-corrected chi connectivity index (χ1v) is 9.46. The summed E-state index contributed by atoms with van der Waals surface area (Å²) < 4.78 is 23.5. The number of esters is 1. The van der Waals surface area contributed by atoms with Crippen LogP contribution in [0.1, 0.15) is 39.7 Å². The Morgan fingerprint density at radius 3 is 2.54 bits per heavy atom. The normalized spacial score (nSPS) is 22.5. The number of benzene rings is 2. The molecule has 1 heterocycles. The van der Waals surface area contributed by atoms with Crippen molar-refractivity contribution in [3.8, 4) is 0 Å². The Morgan fingerprint density at radius 1 is 1.18 bits per heavy atom. The van der Waals surface area contributed by atoms with E-state index in [1.54, 1.807) is 7.11 Å². The minimum absolute atomic E-state index is 0.0397. The molecule has 0 amide bonds. The maximum atomic E-state index is 11.3. The molecular weight excluding hydrogens is 356 g/mol. The van der Waals surface area contributed by atoms with Crippen LogP contribution in [0.5, 0.6) is 0 Å². The van der Waals surface area contributed by atoms with E-state index in [-0.39, 0.29) is 24.3 Å². The standard InChI is InChI=1S/C23H28O5/c1-16(24)26-15-21-13-20(27-22(2,3)4)14-23(25-5,28-21)19-11-10-17-8-6-7-9-18(17)12-19/h6-13,20H,14-15H2,1-5H3/t20-,23+/m1/s1. The topological polar surface area (TPSA) is 54.0 Å². The van der Waals surface area contributed by atoms with Crippen LogP contribution in [0.15, 0.2) is 54.3 Å². The molecule has 0 unspecified atom stereocenters. The summed E-state index contributed by atoms with van der Waals surface area (Å²) in [5.74, 6) is -0.868. The average Bonchev–Trinajstić information content (AvgIpc) is 2.64. The summed E-state index contributed by atoms with van der Waals surface area (Å²) in [6.07, 6.45) is 2.11. The van der Waals surface area contributed by atoms with E-state index < -0.39 is 5.79 Å². The molecule has 1 aliphatic heterocycles. The van der Waals surface area contributed by atoms with Gasteiger partial charge in [0.15, 0.2) is 0 Å². The van der Waals surface area contributed by atoms with Gasteiger partial charge >= 0.3 is 5.97 Å². The molecule has 0 radical (unpaired) electrons. The Bertz CT molecular complexity index is 880. The highest BCUT2D eigenvalue weighted by atomic mass is 16.7. The molecule has 0 saturated heterocycles. The van der Waals surface area contributed by atoms with E-state index in [4.69, 9.17) is 18.9 Å². The van der Waals surface area contributed by atoms with Crippen molar-refractivity contribution >= 4 is 16.7 Å². The van der Waals surface area contributed by atoms with Crippen LogP contribution in [0, 0.1) is 0 Å². The number of hydrogen-bond acceptors (Lipinski definition) is 5. The average molecular weight is 384 g/mol. The summed E-state index contributed by atoms with van der Waals surface area (Å²) in [7, 11) is 1.62. The molecule has 0 saturated carbocycles. The Labute approximate surface area is 166 Å². The van der Waals surface area contributed by atoms with Gasteiger partial charge in [0.25, 0.3) is 0 Å². The maximum absolute atomic E-state index is 11.3. The molecule has 2 atom stereocenters. The van der Waals surface area contributed by atoms with Crippen LogP contribution in [0.2, 0.25) is 0 Å². The number of rotatable bonds is 5. The van der Waals surface area contributed by atoms with Gasteiger partial charge in [-0.3, -0.25) is 4.79 Å². The third kappa shape index (κ3) is 4.72. The zero-order valence-corrected chi connectivity index (χ0v) is 17.2. The highest BCUT2D eigenvalue weighted by molar-refractivity contribution is 5.83. The van der Waals surface area contributed by atoms with Crippen molar-refractivity contribution in [2.75, 3.05) is 13.7 Å². The summed E-state index contributed by atoms with van der Waals surface area (Å²) >= 11 is 0. The van der Waals surface area contributed by atoms with E-state index in [0.29, 0.717) is 12.2 Å². The number of methoxy groups -OCH3 is 1. The van der Waals surface area contributed by atoms with Crippen molar-refractivity contribution in [1.82, 2.24) is 0 Å². The van der Waals surface area contributed by atoms with Crippen LogP contribution in [0.4, 0.5) is 0 Å². The second kappa shape index (κ2) is 7.94. The zero-order valence-electron chi connectivity index (χ0n) is 17.2. The van der Waals surface area contributed by atoms with Crippen LogP contribution in [-0.2, 0) is 29.5 Å². The first-order valence-electron chi connectivity index (χ1n) is 9.46. The second-order valence-electron chi connectivity index (χ2n) is 8.01. The highest BCUT2D eigenvalue weighted by Gasteiger charge is 2.42. The summed E-state index contributed by atoms with van der Waals surface area (Å²) in [6, 6.07) is 14.3. The van der Waals surface area contributed by atoms with E-state index >= 15 is 0 Å². The molecule has 1 aliphatic rings. The molecule has 0 aromatic heterocycles. The van der Waals surface area contributed by atoms with Gasteiger partial charge < -0.3 is 18.9 Å². The van der Waals surface area contributed by atoms with Gasteiger partial charge in [0.05, 0.1) is 11.7 Å². The zero-order chi connectivity index (χ0) is 20.4. The molecular formula is C23H28O5. The van der Waals surface area contributed by atoms with E-state index in [9.17, 15) is 4.79 Å². The Hall–Kier alpha value is -2.37. The highest BCUT2D eigenvalue weighted by Crippen LogP contribution is 2.40. The molecule has 3 rings (SSSR count). The largest absolute Gasteiger partial charge is 0.459 e. The smallest absolute Gasteiger partial charge is 0.303 e. The van der Waals surface area contributed by atoms with Gasteiger partial charge in [-0.25, -0.2) is 0 Å². The third-order valence-corrected chi connectivity index (χ3v) is 4.58. The van der Waals surface area contributed by atoms with Gasteiger partial charge in [-0.2, -0.15) is 0 Å². The van der Waals surface area contributed by atoms with Crippen molar-refractivity contribution in [1.29, 1.82) is 0 Å². The molecule has 0 aliphatic carbocycles. The summed E-state index contributed by atoms with van der Waals surface area (Å²) in [5, 5.41) is 2.25. The number of hydrogen-bond donors (Lipinski definition) is 0. The molecule has 150 valence electrons. The van der Waals surface area contributed by atoms with Crippen LogP contribution >= 0.6 is 0 Å². The van der Waals surface area contributed by atoms with E-state index in [2.05, 4.69) is 24.3 Å². The molecule has 0 fully saturated rings. The van der Waals surface area contributed by atoms with Crippen LogP contribution < -0.4 is 0 Å². The lowest BCUT2D eigenvalue weighted by atomic mass is 9.93. The van der Waals surface area contributed by atoms with Crippen molar-refractivity contribution in [2.24, 2.45) is 0 Å². The molecule has 28 heavy (non-hydrogen) atoms. The summed E-state index contributed by atoms with van der Waals surface area (Å²) in [6.45, 7) is 7.43. The third-order valence-electron chi connectivity index (χ3n) is 4.58. The lowest BCUT2D eigenvalue weighted by Crippen LogP contribution is -2.42. The van der Waals surface area contributed by atoms with Gasteiger partial charge in [-0.05, 0) is 43.7 Å². The van der Waals surface area contributed by atoms with E-state index in [1.165, 1.54) is 6.92 Å². The Balaban J connectivity index is 1.99. The lowest BCUT2D eigenvalue weighted by molar-refractivity contribution is -0.244. The maximum Gasteiger partial charge on any atom is 0.303 e. The van der Waals surface area contributed by atoms with Gasteiger partial charge in [-0.15, -0.1) is 0 Å². The van der Waals surface area contributed by atoms with Gasteiger partial charge in [0, 0.05) is 26.0 Å². The fraction of sp³-hybridized carbons (Fsp3) is 0.435. The predicted molar refractivity (Wildman–Crippen MR) is 108 cm³/mol. The SMILES string of the molecule is CO[C@@]1(c2ccc3ccccc3c2)C[C@H](OC(C)(C)C)C=C(COC(C)=O)O1. The Morgan fingerprint density at radius 2 is 1.89 bits per heavy atom. The van der Waals surface area contributed by atoms with Crippen LogP contribution in [-0.4, -0.2) is 31.4 Å². The first kappa shape index (κ1) is 20.4. The first-order chi connectivity index (χ1) is 13.2. The number of ether oxygens (including phenoxy) is 4. The van der Waals surface area contributed by atoms with E-state index in [0.717, 1.165) is 16.3 Å². The molecule has 5 heteroatoms. The Kier molecular flexibility index (Phi) is 5.77. The fourth-order valence-corrected chi connectivity index (χ4v) is 3.44. The van der Waals surface area contributed by atoms with Gasteiger partial charge in [-0.1, -0.05) is 36.4 Å². The minimum Gasteiger partial charge on any atom is -0.459 e. The quantitative estimate of drug-likeness (QED) is 0.700. The number of fused-ring (bicyclic) bond motifs is 1. The molecule has 0 N–H and O–H groups in total. The van der Waals surface area contributed by atoms with Crippen LogP contribution in [0.25, 0.3) is 10.8 Å². The van der Waals surface area contributed by atoms with E-state index in [1.807, 2.05) is 45.0 Å². The van der Waals surface area contributed by atoms with Crippen molar-refractivity contribution in [3.63, 3.8) is 0 Å². The predicted octanol–water partition coefficient (Wildman–Crippen LogP) is 4.69. The van der Waals surface area contributed by atoms with Gasteiger partial charge in [0.1, 0.15) is 12.4 Å². The molecule has 5 nitrogen and oxygen atoms in total. The fourth-order valence-electron chi connectivity index (χ4n) is 3.44. The number of carbonyl (C=O) groups is 1. The summed E-state index contributed by atoms with van der Waals surface area (Å²) in [4.78, 5) is 11.3. The lowest BCUT2D eigenvalue weighted by Gasteiger charge is -2.41. The van der Waals surface area contributed by atoms with Crippen molar-refractivity contribution in [2.45, 2.75) is 51.6 Å². The molecule has 0 spiro atoms. The van der Waals surface area contributed by atoms with Crippen molar-refractivity contribution < 1.29 is 23.7 Å². The molecule has 2 aromatic carbocycles. The monoisotopic (exact) mass is 384 g/mol. The summed E-state index contributed by atoms with van der Waals surface area (Å²) in [5.41, 5.74) is 0.554. The molecule has 2 aromatic rings. The molecule has 0 bridgehead atoms. The number of carbonyl (C=O) groups excluding carboxylic acids is 1.